The van der Waals surface area contributed by atoms with Crippen LogP contribution in [0.1, 0.15) is 5.56 Å². The lowest BCUT2D eigenvalue weighted by molar-refractivity contribution is -0.115. The highest BCUT2D eigenvalue weighted by molar-refractivity contribution is 8.18. The Morgan fingerprint density at radius 1 is 0.933 bits per heavy atom. The molecule has 0 saturated carbocycles. The predicted molar refractivity (Wildman–Crippen MR) is 122 cm³/mol. The van der Waals surface area contributed by atoms with Gasteiger partial charge < -0.3 is 5.32 Å². The summed E-state index contributed by atoms with van der Waals surface area (Å²) >= 11 is 1.34. The fourth-order valence-electron chi connectivity index (χ4n) is 3.27. The number of benzene rings is 2. The van der Waals surface area contributed by atoms with Gasteiger partial charge in [0.05, 0.1) is 16.1 Å². The van der Waals surface area contributed by atoms with Crippen LogP contribution in [0.15, 0.2) is 95.2 Å². The molecule has 2 aromatic carbocycles. The van der Waals surface area contributed by atoms with Gasteiger partial charge >= 0.3 is 0 Å². The molecule has 1 amide bonds. The van der Waals surface area contributed by atoms with Gasteiger partial charge in [-0.3, -0.25) is 14.8 Å². The van der Waals surface area contributed by atoms with Crippen molar-refractivity contribution >= 4 is 45.5 Å². The number of fused-ring (bicyclic) bond motifs is 1. The Kier molecular flexibility index (Phi) is 4.83. The van der Waals surface area contributed by atoms with E-state index in [4.69, 9.17) is 4.99 Å². The van der Waals surface area contributed by atoms with Gasteiger partial charge in [0, 0.05) is 29.5 Å². The number of hydrogen-bond donors (Lipinski definition) is 1. The number of pyridine rings is 2. The molecule has 1 aliphatic rings. The molecule has 1 fully saturated rings. The summed E-state index contributed by atoms with van der Waals surface area (Å²) in [6.07, 6.45) is 7.16. The Morgan fingerprint density at radius 2 is 1.80 bits per heavy atom. The molecule has 0 unspecified atom stereocenters. The fraction of sp³-hybridized carbons (Fsp3) is 0. The molecule has 0 radical (unpaired) electrons. The molecule has 3 heterocycles. The Hall–Kier alpha value is -3.77. The van der Waals surface area contributed by atoms with Gasteiger partial charge in [-0.15, -0.1) is 0 Å². The summed E-state index contributed by atoms with van der Waals surface area (Å²) in [7, 11) is 0. The standard InChI is InChI=1S/C24H16N4OS/c29-23-22(15-16-7-8-20-18(14-16)4-3-11-26-20)30-24(28-23)27-21-6-2-1-5-19(21)17-9-12-25-13-10-17/h1-15H,(H,27,28,29). The van der Waals surface area contributed by atoms with Gasteiger partial charge in [0.2, 0.25) is 0 Å². The number of amidine groups is 1. The SMILES string of the molecule is O=C1NC(=Nc2ccccc2-c2ccncc2)SC1=Cc1ccc2ncccc2c1. The summed E-state index contributed by atoms with van der Waals surface area (Å²) in [5.41, 5.74) is 4.69. The van der Waals surface area contributed by atoms with E-state index in [1.165, 1.54) is 11.8 Å². The molecule has 0 bridgehead atoms. The molecule has 6 heteroatoms. The van der Waals surface area contributed by atoms with E-state index >= 15 is 0 Å². The summed E-state index contributed by atoms with van der Waals surface area (Å²) in [5.74, 6) is -0.147. The van der Waals surface area contributed by atoms with Crippen molar-refractivity contribution in [2.24, 2.45) is 4.99 Å². The third kappa shape index (κ3) is 3.73. The fourth-order valence-corrected chi connectivity index (χ4v) is 4.11. The van der Waals surface area contributed by atoms with E-state index in [1.54, 1.807) is 18.6 Å². The van der Waals surface area contributed by atoms with Gasteiger partial charge in [0.1, 0.15) is 0 Å². The molecule has 5 rings (SSSR count). The Balaban J connectivity index is 1.45. The predicted octanol–water partition coefficient (Wildman–Crippen LogP) is 5.19. The normalized spacial score (nSPS) is 16.3. The second kappa shape index (κ2) is 7.93. The minimum atomic E-state index is -0.147. The van der Waals surface area contributed by atoms with Gasteiger partial charge in [-0.1, -0.05) is 30.3 Å². The van der Waals surface area contributed by atoms with E-state index in [-0.39, 0.29) is 5.91 Å². The Bertz CT molecular complexity index is 1320. The van der Waals surface area contributed by atoms with Crippen molar-refractivity contribution in [2.75, 3.05) is 0 Å². The van der Waals surface area contributed by atoms with E-state index in [0.717, 1.165) is 33.3 Å². The van der Waals surface area contributed by atoms with Crippen LogP contribution in [-0.4, -0.2) is 21.0 Å². The lowest BCUT2D eigenvalue weighted by Crippen LogP contribution is -2.19. The van der Waals surface area contributed by atoms with Crippen LogP contribution >= 0.6 is 11.8 Å². The molecule has 1 saturated heterocycles. The maximum Gasteiger partial charge on any atom is 0.264 e. The van der Waals surface area contributed by atoms with Crippen molar-refractivity contribution < 1.29 is 4.79 Å². The molecular formula is C24H16N4OS. The lowest BCUT2D eigenvalue weighted by atomic mass is 10.1. The number of aromatic nitrogens is 2. The van der Waals surface area contributed by atoms with Crippen LogP contribution < -0.4 is 5.32 Å². The summed E-state index contributed by atoms with van der Waals surface area (Å²) in [4.78, 5) is 26.2. The van der Waals surface area contributed by atoms with Crippen molar-refractivity contribution in [1.29, 1.82) is 0 Å². The first-order chi connectivity index (χ1) is 14.8. The molecule has 1 aliphatic heterocycles. The first-order valence-corrected chi connectivity index (χ1v) is 10.2. The minimum Gasteiger partial charge on any atom is -0.300 e. The zero-order valence-electron chi connectivity index (χ0n) is 15.8. The zero-order valence-corrected chi connectivity index (χ0v) is 16.6. The number of carbonyl (C=O) groups excluding carboxylic acids is 1. The Labute approximate surface area is 177 Å². The van der Waals surface area contributed by atoms with Crippen molar-refractivity contribution in [2.45, 2.75) is 0 Å². The first-order valence-electron chi connectivity index (χ1n) is 9.40. The van der Waals surface area contributed by atoms with Gasteiger partial charge in [0.15, 0.2) is 5.17 Å². The number of carbonyl (C=O) groups is 1. The topological polar surface area (TPSA) is 67.2 Å². The molecule has 144 valence electrons. The number of para-hydroxylation sites is 1. The van der Waals surface area contributed by atoms with E-state index in [2.05, 4.69) is 15.3 Å². The maximum absolute atomic E-state index is 12.5. The zero-order chi connectivity index (χ0) is 20.3. The quantitative estimate of drug-likeness (QED) is 0.474. The summed E-state index contributed by atoms with van der Waals surface area (Å²) in [6.45, 7) is 0. The van der Waals surface area contributed by atoms with Crippen molar-refractivity contribution in [1.82, 2.24) is 15.3 Å². The van der Waals surface area contributed by atoms with Gasteiger partial charge in [0.25, 0.3) is 5.91 Å². The van der Waals surface area contributed by atoms with E-state index in [0.29, 0.717) is 10.1 Å². The van der Waals surface area contributed by atoms with E-state index in [1.807, 2.05) is 72.8 Å². The van der Waals surface area contributed by atoms with Gasteiger partial charge in [-0.25, -0.2) is 4.99 Å². The summed E-state index contributed by atoms with van der Waals surface area (Å²) < 4.78 is 0. The summed E-state index contributed by atoms with van der Waals surface area (Å²) in [6, 6.07) is 21.6. The average Bonchev–Trinajstić information content (AvgIpc) is 3.13. The number of aliphatic imine (C=N–C) groups is 1. The van der Waals surface area contributed by atoms with Crippen LogP contribution in [0.3, 0.4) is 0 Å². The van der Waals surface area contributed by atoms with Crippen molar-refractivity contribution in [3.63, 3.8) is 0 Å². The van der Waals surface area contributed by atoms with Crippen LogP contribution in [0, 0.1) is 0 Å². The maximum atomic E-state index is 12.5. The van der Waals surface area contributed by atoms with E-state index < -0.39 is 0 Å². The number of rotatable bonds is 3. The number of nitrogens with zero attached hydrogens (tertiary/aromatic N) is 3. The Morgan fingerprint density at radius 3 is 2.70 bits per heavy atom. The number of thioether (sulfide) groups is 1. The first kappa shape index (κ1) is 18.3. The highest BCUT2D eigenvalue weighted by Gasteiger charge is 2.24. The average molecular weight is 408 g/mol. The summed E-state index contributed by atoms with van der Waals surface area (Å²) in [5, 5.41) is 4.47. The molecule has 1 N–H and O–H groups in total. The molecule has 5 nitrogen and oxygen atoms in total. The number of amides is 1. The molecule has 0 atom stereocenters. The van der Waals surface area contributed by atoms with Crippen LogP contribution in [0.5, 0.6) is 0 Å². The minimum absolute atomic E-state index is 0.147. The molecule has 2 aromatic heterocycles. The molecule has 0 aliphatic carbocycles. The highest BCUT2D eigenvalue weighted by atomic mass is 32.2. The van der Waals surface area contributed by atoms with Crippen LogP contribution in [0.4, 0.5) is 5.69 Å². The van der Waals surface area contributed by atoms with Crippen LogP contribution in [0.2, 0.25) is 0 Å². The van der Waals surface area contributed by atoms with Crippen molar-refractivity contribution in [3.05, 3.63) is 95.8 Å². The smallest absolute Gasteiger partial charge is 0.264 e. The largest absolute Gasteiger partial charge is 0.300 e. The number of nitrogens with one attached hydrogen (secondary N) is 1. The molecule has 30 heavy (non-hydrogen) atoms. The van der Waals surface area contributed by atoms with E-state index in [9.17, 15) is 4.79 Å². The van der Waals surface area contributed by atoms with Crippen molar-refractivity contribution in [3.8, 4) is 11.1 Å². The second-order valence-electron chi connectivity index (χ2n) is 6.69. The third-order valence-corrected chi connectivity index (χ3v) is 5.60. The van der Waals surface area contributed by atoms with Gasteiger partial charge in [-0.05, 0) is 65.4 Å². The molecular weight excluding hydrogens is 392 g/mol. The number of hydrogen-bond acceptors (Lipinski definition) is 5. The molecule has 0 spiro atoms. The van der Waals surface area contributed by atoms with Crippen LogP contribution in [-0.2, 0) is 4.79 Å². The highest BCUT2D eigenvalue weighted by Crippen LogP contribution is 2.33. The second-order valence-corrected chi connectivity index (χ2v) is 7.72. The monoisotopic (exact) mass is 408 g/mol. The lowest BCUT2D eigenvalue weighted by Gasteiger charge is -2.06. The third-order valence-electron chi connectivity index (χ3n) is 4.69. The van der Waals surface area contributed by atoms with Crippen LogP contribution in [0.25, 0.3) is 28.1 Å². The van der Waals surface area contributed by atoms with Gasteiger partial charge in [-0.2, -0.15) is 0 Å². The molecule has 4 aromatic rings.